The lowest BCUT2D eigenvalue weighted by Gasteiger charge is -2.31. The third kappa shape index (κ3) is 4.59. The number of alkyl halides is 3. The molecule has 1 N–H and O–H groups in total. The molecule has 25 heavy (non-hydrogen) atoms. The molecule has 138 valence electrons. The third-order valence-corrected chi connectivity index (χ3v) is 4.25. The predicted molar refractivity (Wildman–Crippen MR) is 84.6 cm³/mol. The Morgan fingerprint density at radius 1 is 1.36 bits per heavy atom. The SMILES string of the molecule is CN(CC(=O)N1CC[NH+](C)CC1)c1ccc(C(F)(F)F)cc1[N+](=O)[O-]. The topological polar surface area (TPSA) is 71.1 Å². The maximum absolute atomic E-state index is 12.7. The second-order valence-corrected chi connectivity index (χ2v) is 6.15. The second kappa shape index (κ2) is 7.26. The normalized spacial score (nSPS) is 16.0. The first-order chi connectivity index (χ1) is 11.6. The highest BCUT2D eigenvalue weighted by Gasteiger charge is 2.34. The molecule has 0 atom stereocenters. The highest BCUT2D eigenvalue weighted by Crippen LogP contribution is 2.36. The van der Waals surface area contributed by atoms with Gasteiger partial charge in [-0.3, -0.25) is 14.9 Å². The van der Waals surface area contributed by atoms with Gasteiger partial charge in [-0.15, -0.1) is 0 Å². The summed E-state index contributed by atoms with van der Waals surface area (Å²) in [6.45, 7) is 2.68. The van der Waals surface area contributed by atoms with E-state index in [9.17, 15) is 28.1 Å². The van der Waals surface area contributed by atoms with Gasteiger partial charge in [0.05, 0.1) is 50.3 Å². The number of carbonyl (C=O) groups is 1. The number of halogens is 3. The maximum atomic E-state index is 12.7. The van der Waals surface area contributed by atoms with Gasteiger partial charge in [0.25, 0.3) is 5.69 Å². The van der Waals surface area contributed by atoms with Crippen molar-refractivity contribution < 1.29 is 27.8 Å². The molecule has 1 fully saturated rings. The Labute approximate surface area is 142 Å². The Hall–Kier alpha value is -2.36. The molecule has 1 amide bonds. The summed E-state index contributed by atoms with van der Waals surface area (Å²) in [5.41, 5.74) is -1.79. The summed E-state index contributed by atoms with van der Waals surface area (Å²) in [5.74, 6) is -0.204. The number of nitro benzene ring substituents is 1. The van der Waals surface area contributed by atoms with Crippen LogP contribution in [0.5, 0.6) is 0 Å². The minimum atomic E-state index is -4.67. The van der Waals surface area contributed by atoms with E-state index in [0.29, 0.717) is 19.2 Å². The number of piperazine rings is 1. The number of hydrogen-bond acceptors (Lipinski definition) is 4. The molecule has 1 aromatic rings. The van der Waals surface area contributed by atoms with Crippen LogP contribution in [-0.4, -0.2) is 62.5 Å². The predicted octanol–water partition coefficient (Wildman–Crippen LogP) is 0.407. The number of anilines is 1. The van der Waals surface area contributed by atoms with Crippen molar-refractivity contribution in [3.63, 3.8) is 0 Å². The monoisotopic (exact) mass is 361 g/mol. The third-order valence-electron chi connectivity index (χ3n) is 4.25. The average molecular weight is 361 g/mol. The number of nitro groups is 1. The largest absolute Gasteiger partial charge is 0.416 e. The van der Waals surface area contributed by atoms with Gasteiger partial charge >= 0.3 is 6.18 Å². The van der Waals surface area contributed by atoms with Gasteiger partial charge in [-0.25, -0.2) is 0 Å². The zero-order valence-corrected chi connectivity index (χ0v) is 14.0. The summed E-state index contributed by atoms with van der Waals surface area (Å²) in [6.07, 6.45) is -4.67. The zero-order chi connectivity index (χ0) is 18.8. The number of rotatable bonds is 4. The number of nitrogens with zero attached hydrogens (tertiary/aromatic N) is 3. The standard InChI is InChI=1S/C15H19F3N4O3/c1-19-5-7-21(8-6-19)14(23)10-20(2)12-4-3-11(15(16,17)18)9-13(12)22(24)25/h3-4,9H,5-8,10H2,1-2H3/p+1. The summed E-state index contributed by atoms with van der Waals surface area (Å²) < 4.78 is 38.2. The quantitative estimate of drug-likeness (QED) is 0.623. The summed E-state index contributed by atoms with van der Waals surface area (Å²) in [6, 6.07) is 2.31. The van der Waals surface area contributed by atoms with Crippen molar-refractivity contribution >= 4 is 17.3 Å². The molecule has 0 bridgehead atoms. The van der Waals surface area contributed by atoms with E-state index in [1.54, 1.807) is 4.90 Å². The molecular weight excluding hydrogens is 341 g/mol. The molecule has 0 unspecified atom stereocenters. The van der Waals surface area contributed by atoms with Crippen molar-refractivity contribution in [2.45, 2.75) is 6.18 Å². The van der Waals surface area contributed by atoms with Crippen molar-refractivity contribution in [3.8, 4) is 0 Å². The van der Waals surface area contributed by atoms with E-state index >= 15 is 0 Å². The number of carbonyl (C=O) groups excluding carboxylic acids is 1. The molecule has 1 aliphatic heterocycles. The van der Waals surface area contributed by atoms with Gasteiger partial charge in [-0.1, -0.05) is 0 Å². The fraction of sp³-hybridized carbons (Fsp3) is 0.533. The second-order valence-electron chi connectivity index (χ2n) is 6.15. The van der Waals surface area contributed by atoms with E-state index in [0.717, 1.165) is 25.2 Å². The van der Waals surface area contributed by atoms with E-state index in [2.05, 4.69) is 0 Å². The van der Waals surface area contributed by atoms with Crippen LogP contribution in [0.4, 0.5) is 24.5 Å². The van der Waals surface area contributed by atoms with Gasteiger partial charge < -0.3 is 14.7 Å². The van der Waals surface area contributed by atoms with E-state index in [4.69, 9.17) is 0 Å². The lowest BCUT2D eigenvalue weighted by Crippen LogP contribution is -3.12. The van der Waals surface area contributed by atoms with Crippen LogP contribution in [0.25, 0.3) is 0 Å². The smallest absolute Gasteiger partial charge is 0.360 e. The van der Waals surface area contributed by atoms with Gasteiger partial charge in [0.2, 0.25) is 5.91 Å². The molecule has 1 aromatic carbocycles. The number of nitrogens with one attached hydrogen (secondary N) is 1. The van der Waals surface area contributed by atoms with Crippen LogP contribution in [0, 0.1) is 10.1 Å². The lowest BCUT2D eigenvalue weighted by atomic mass is 10.1. The van der Waals surface area contributed by atoms with Crippen molar-refractivity contribution in [3.05, 3.63) is 33.9 Å². The summed E-state index contributed by atoms with van der Waals surface area (Å²) in [4.78, 5) is 26.9. The van der Waals surface area contributed by atoms with E-state index < -0.39 is 22.4 Å². The van der Waals surface area contributed by atoms with Gasteiger partial charge in [-0.05, 0) is 12.1 Å². The van der Waals surface area contributed by atoms with E-state index in [1.807, 2.05) is 7.05 Å². The Morgan fingerprint density at radius 2 is 1.96 bits per heavy atom. The van der Waals surface area contributed by atoms with E-state index in [-0.39, 0.29) is 18.1 Å². The van der Waals surface area contributed by atoms with Crippen LogP contribution < -0.4 is 9.80 Å². The molecule has 10 heteroatoms. The van der Waals surface area contributed by atoms with Crippen LogP contribution >= 0.6 is 0 Å². The minimum absolute atomic E-state index is 0.0221. The number of likely N-dealkylation sites (N-methyl/N-ethyl adjacent to an activating group) is 2. The van der Waals surface area contributed by atoms with Crippen molar-refractivity contribution in [1.82, 2.24) is 4.90 Å². The van der Waals surface area contributed by atoms with E-state index in [1.165, 1.54) is 16.8 Å². The van der Waals surface area contributed by atoms with Crippen LogP contribution in [-0.2, 0) is 11.0 Å². The Bertz CT molecular complexity index is 658. The molecule has 0 spiro atoms. The molecule has 7 nitrogen and oxygen atoms in total. The molecule has 0 aliphatic carbocycles. The molecule has 0 saturated carbocycles. The highest BCUT2D eigenvalue weighted by atomic mass is 19.4. The first-order valence-corrected chi connectivity index (χ1v) is 7.75. The molecule has 0 aromatic heterocycles. The van der Waals surface area contributed by atoms with Crippen LogP contribution in [0.2, 0.25) is 0 Å². The summed E-state index contributed by atoms with van der Waals surface area (Å²) >= 11 is 0. The summed E-state index contributed by atoms with van der Waals surface area (Å²) in [5, 5.41) is 11.1. The van der Waals surface area contributed by atoms with Crippen LogP contribution in [0.1, 0.15) is 5.56 Å². The number of amides is 1. The highest BCUT2D eigenvalue weighted by molar-refractivity contribution is 5.82. The fourth-order valence-corrected chi connectivity index (χ4v) is 2.69. The average Bonchev–Trinajstić information content (AvgIpc) is 2.53. The number of hydrogen-bond donors (Lipinski definition) is 1. The van der Waals surface area contributed by atoms with Crippen molar-refractivity contribution in [2.24, 2.45) is 0 Å². The maximum Gasteiger partial charge on any atom is 0.416 e. The zero-order valence-electron chi connectivity index (χ0n) is 14.0. The van der Waals surface area contributed by atoms with Crippen LogP contribution in [0.15, 0.2) is 18.2 Å². The summed E-state index contributed by atoms with van der Waals surface area (Å²) in [7, 11) is 3.48. The Morgan fingerprint density at radius 3 is 2.48 bits per heavy atom. The Kier molecular flexibility index (Phi) is 5.51. The van der Waals surface area contributed by atoms with Gasteiger partial charge in [0.1, 0.15) is 5.69 Å². The van der Waals surface area contributed by atoms with Crippen molar-refractivity contribution in [1.29, 1.82) is 0 Å². The van der Waals surface area contributed by atoms with Gasteiger partial charge in [-0.2, -0.15) is 13.2 Å². The number of benzene rings is 1. The minimum Gasteiger partial charge on any atom is -0.360 e. The first-order valence-electron chi connectivity index (χ1n) is 7.75. The molecule has 1 heterocycles. The fourth-order valence-electron chi connectivity index (χ4n) is 2.69. The molecule has 1 saturated heterocycles. The van der Waals surface area contributed by atoms with Crippen molar-refractivity contribution in [2.75, 3.05) is 51.7 Å². The first kappa shape index (κ1) is 19.0. The Balaban J connectivity index is 2.16. The lowest BCUT2D eigenvalue weighted by molar-refractivity contribution is -0.883. The van der Waals surface area contributed by atoms with Crippen LogP contribution in [0.3, 0.4) is 0 Å². The molecule has 1 aliphatic rings. The van der Waals surface area contributed by atoms with Gasteiger partial charge in [0.15, 0.2) is 0 Å². The van der Waals surface area contributed by atoms with Gasteiger partial charge in [0, 0.05) is 13.1 Å². The number of quaternary nitrogens is 1. The molecule has 0 radical (unpaired) electrons. The molecule has 2 rings (SSSR count). The molecular formula is C15H20F3N4O3+.